The molecule has 1 amide bonds. The first-order valence-electron chi connectivity index (χ1n) is 12.2. The fourth-order valence-electron chi connectivity index (χ4n) is 5.38. The van der Waals surface area contributed by atoms with E-state index in [4.69, 9.17) is 15.0 Å². The van der Waals surface area contributed by atoms with Gasteiger partial charge in [-0.2, -0.15) is 5.26 Å². The van der Waals surface area contributed by atoms with Gasteiger partial charge in [0.25, 0.3) is 5.91 Å². The molecule has 36 heavy (non-hydrogen) atoms. The van der Waals surface area contributed by atoms with Crippen LogP contribution in [0.5, 0.6) is 0 Å². The van der Waals surface area contributed by atoms with E-state index in [1.807, 2.05) is 12.1 Å². The average molecular weight is 494 g/mol. The zero-order chi connectivity index (χ0) is 25.6. The number of ether oxygens (including phenoxy) is 1. The third kappa shape index (κ3) is 4.46. The van der Waals surface area contributed by atoms with Crippen LogP contribution in [0.25, 0.3) is 5.57 Å². The number of nitriles is 1. The smallest absolute Gasteiger partial charge is 0.291 e. The Labute approximate surface area is 208 Å². The van der Waals surface area contributed by atoms with Crippen molar-refractivity contribution in [3.8, 4) is 6.07 Å². The lowest BCUT2D eigenvalue weighted by atomic mass is 9.77. The molecule has 0 aromatic carbocycles. The molecule has 2 aliphatic heterocycles. The molecule has 1 saturated heterocycles. The van der Waals surface area contributed by atoms with Crippen molar-refractivity contribution in [1.29, 1.82) is 5.26 Å². The van der Waals surface area contributed by atoms with Gasteiger partial charge in [-0.15, -0.1) is 0 Å². The summed E-state index contributed by atoms with van der Waals surface area (Å²) in [6.07, 6.45) is 10.2. The van der Waals surface area contributed by atoms with Crippen molar-refractivity contribution in [2.24, 2.45) is 5.41 Å². The van der Waals surface area contributed by atoms with E-state index < -0.39 is 30.5 Å². The highest BCUT2D eigenvalue weighted by Gasteiger charge is 2.52. The number of nitrogens with one attached hydrogen (secondary N) is 2. The number of halogens is 2. The lowest BCUT2D eigenvalue weighted by Crippen LogP contribution is -2.47. The topological polar surface area (TPSA) is 104 Å². The number of rotatable bonds is 6. The first-order chi connectivity index (χ1) is 17.2. The van der Waals surface area contributed by atoms with E-state index >= 15 is 0 Å². The van der Waals surface area contributed by atoms with Crippen molar-refractivity contribution in [3.05, 3.63) is 59.5 Å². The molecule has 0 saturated carbocycles. The van der Waals surface area contributed by atoms with Crippen molar-refractivity contribution >= 4 is 17.2 Å². The van der Waals surface area contributed by atoms with Crippen molar-refractivity contribution in [3.63, 3.8) is 0 Å². The first kappa shape index (κ1) is 24.3. The van der Waals surface area contributed by atoms with E-state index in [-0.39, 0.29) is 22.9 Å². The molecule has 1 aliphatic carbocycles. The van der Waals surface area contributed by atoms with E-state index in [9.17, 15) is 13.6 Å². The number of nitrogens with zero attached hydrogens (tertiary/aromatic N) is 3. The first-order valence-corrected chi connectivity index (χ1v) is 12.2. The van der Waals surface area contributed by atoms with E-state index in [0.29, 0.717) is 24.2 Å². The summed E-state index contributed by atoms with van der Waals surface area (Å²) in [4.78, 5) is 24.5. The summed E-state index contributed by atoms with van der Waals surface area (Å²) >= 11 is 0. The number of pyridine rings is 1. The number of allylic oxidation sites excluding steroid dienone is 2. The van der Waals surface area contributed by atoms with Gasteiger partial charge in [-0.1, -0.05) is 32.1 Å². The van der Waals surface area contributed by atoms with Gasteiger partial charge in [0.2, 0.25) is 0 Å². The number of amides is 1. The number of fused-ring (bicyclic) bond motifs is 2. The highest BCUT2D eigenvalue weighted by Crippen LogP contribution is 2.50. The third-order valence-corrected chi connectivity index (χ3v) is 7.50. The molecule has 188 valence electrons. The molecule has 2 N–H and O–H groups in total. The number of carbonyl (C=O) groups excluding carboxylic acids is 1. The number of H-pyrrole nitrogens is 1. The van der Waals surface area contributed by atoms with Gasteiger partial charge in [0, 0.05) is 11.6 Å². The standard InChI is InChI=1S/C27H29F2N5O2/c1-25(2)7-5-17(6-8-25)22-21(34-24(35)23-31-14-19(13-30)32-23)4-3-20(33-22)18-11-26(15-28)9-10-27(12-18,16-29)36-26/h3-5,9-10,14,18H,6-8,11-12,15-16H2,1-2H3,(H,31,32)(H,34,35). The predicted octanol–water partition coefficient (Wildman–Crippen LogP) is 5.40. The molecule has 5 rings (SSSR count). The number of hydrogen-bond acceptors (Lipinski definition) is 5. The Morgan fingerprint density at radius 3 is 2.56 bits per heavy atom. The summed E-state index contributed by atoms with van der Waals surface area (Å²) < 4.78 is 33.8. The van der Waals surface area contributed by atoms with Crippen LogP contribution in [0.3, 0.4) is 0 Å². The molecule has 9 heteroatoms. The van der Waals surface area contributed by atoms with Crippen LogP contribution in [-0.4, -0.2) is 45.4 Å². The highest BCUT2D eigenvalue weighted by molar-refractivity contribution is 6.03. The number of hydrogen-bond donors (Lipinski definition) is 2. The van der Waals surface area contributed by atoms with Crippen LogP contribution in [0, 0.1) is 16.7 Å². The number of alkyl halides is 2. The van der Waals surface area contributed by atoms with Gasteiger partial charge in [-0.3, -0.25) is 9.78 Å². The summed E-state index contributed by atoms with van der Waals surface area (Å²) in [6.45, 7) is 2.98. The normalized spacial score (nSPS) is 28.4. The number of carbonyl (C=O) groups is 1. The van der Waals surface area contributed by atoms with E-state index in [2.05, 4.69) is 35.2 Å². The fourth-order valence-corrected chi connectivity index (χ4v) is 5.38. The maximum absolute atomic E-state index is 14.0. The molecule has 4 heterocycles. The Kier molecular flexibility index (Phi) is 6.03. The molecular formula is C27H29F2N5O2. The van der Waals surface area contributed by atoms with Gasteiger partial charge in [0.05, 0.1) is 17.6 Å². The largest absolute Gasteiger partial charge is 0.355 e. The Morgan fingerprint density at radius 1 is 1.25 bits per heavy atom. The Bertz CT molecular complexity index is 1270. The van der Waals surface area contributed by atoms with E-state index in [1.54, 1.807) is 18.2 Å². The van der Waals surface area contributed by atoms with Crippen LogP contribution in [0.2, 0.25) is 0 Å². The minimum Gasteiger partial charge on any atom is -0.355 e. The fraction of sp³-hybridized carbons (Fsp3) is 0.481. The minimum absolute atomic E-state index is 0.0298. The monoisotopic (exact) mass is 493 g/mol. The third-order valence-electron chi connectivity index (χ3n) is 7.50. The second-order valence-corrected chi connectivity index (χ2v) is 10.9. The minimum atomic E-state index is -1.13. The number of aromatic nitrogens is 3. The molecule has 7 nitrogen and oxygen atoms in total. The van der Waals surface area contributed by atoms with Crippen LogP contribution in [0.4, 0.5) is 14.5 Å². The SMILES string of the molecule is CC1(C)CC=C(c2nc(C3CC4(CF)C=CC(CF)(C3)O4)ccc2NC(=O)c2ncc(C#N)[nH]2)CC1. The van der Waals surface area contributed by atoms with Crippen molar-refractivity contribution < 1.29 is 18.3 Å². The number of aromatic amines is 1. The zero-order valence-corrected chi connectivity index (χ0v) is 20.4. The summed E-state index contributed by atoms with van der Waals surface area (Å²) in [5, 5.41) is 11.9. The maximum Gasteiger partial charge on any atom is 0.291 e. The molecule has 2 aromatic rings. The average Bonchev–Trinajstić information content (AvgIpc) is 3.47. The molecule has 2 atom stereocenters. The molecule has 0 radical (unpaired) electrons. The van der Waals surface area contributed by atoms with Crippen LogP contribution < -0.4 is 5.32 Å². The summed E-state index contributed by atoms with van der Waals surface area (Å²) in [6, 6.07) is 5.52. The van der Waals surface area contributed by atoms with Gasteiger partial charge >= 0.3 is 0 Å². The van der Waals surface area contributed by atoms with Crippen LogP contribution >= 0.6 is 0 Å². The zero-order valence-electron chi connectivity index (χ0n) is 20.4. The Balaban J connectivity index is 1.49. The van der Waals surface area contributed by atoms with Gasteiger partial charge in [0.15, 0.2) is 5.82 Å². The van der Waals surface area contributed by atoms with Crippen molar-refractivity contribution in [2.45, 2.75) is 63.1 Å². The number of anilines is 1. The maximum atomic E-state index is 14.0. The lowest BCUT2D eigenvalue weighted by Gasteiger charge is -2.42. The highest BCUT2D eigenvalue weighted by atomic mass is 19.1. The van der Waals surface area contributed by atoms with E-state index in [0.717, 1.165) is 30.5 Å². The summed E-state index contributed by atoms with van der Waals surface area (Å²) in [5.74, 6) is -0.653. The molecular weight excluding hydrogens is 464 g/mol. The van der Waals surface area contributed by atoms with Crippen LogP contribution in [-0.2, 0) is 4.74 Å². The lowest BCUT2D eigenvalue weighted by molar-refractivity contribution is -0.145. The Morgan fingerprint density at radius 2 is 1.97 bits per heavy atom. The molecule has 2 aromatic heterocycles. The molecule has 0 spiro atoms. The van der Waals surface area contributed by atoms with Gasteiger partial charge < -0.3 is 15.0 Å². The second kappa shape index (κ2) is 8.93. The predicted molar refractivity (Wildman–Crippen MR) is 131 cm³/mol. The molecule has 1 fully saturated rings. The van der Waals surface area contributed by atoms with Crippen LogP contribution in [0.15, 0.2) is 36.6 Å². The van der Waals surface area contributed by atoms with Gasteiger partial charge in [0.1, 0.15) is 36.3 Å². The van der Waals surface area contributed by atoms with Gasteiger partial charge in [-0.25, -0.2) is 13.8 Å². The summed E-state index contributed by atoms with van der Waals surface area (Å²) in [7, 11) is 0. The summed E-state index contributed by atoms with van der Waals surface area (Å²) in [5.41, 5.74) is 1.04. The second-order valence-electron chi connectivity index (χ2n) is 10.9. The van der Waals surface area contributed by atoms with Crippen LogP contribution in [0.1, 0.15) is 79.6 Å². The molecule has 2 unspecified atom stereocenters. The molecule has 3 aliphatic rings. The van der Waals surface area contributed by atoms with Gasteiger partial charge in [-0.05, 0) is 55.2 Å². The van der Waals surface area contributed by atoms with E-state index in [1.165, 1.54) is 6.20 Å². The Hall–Kier alpha value is -3.38. The van der Waals surface area contributed by atoms with Crippen molar-refractivity contribution in [2.75, 3.05) is 18.7 Å². The van der Waals surface area contributed by atoms with Crippen molar-refractivity contribution in [1.82, 2.24) is 15.0 Å². The number of imidazole rings is 1. The molecule has 2 bridgehead atoms. The quantitative estimate of drug-likeness (QED) is 0.524.